The maximum atomic E-state index is 11.0. The predicted octanol–water partition coefficient (Wildman–Crippen LogP) is 2.11. The first-order valence-corrected chi connectivity index (χ1v) is 6.75. The van der Waals surface area contributed by atoms with Gasteiger partial charge in [-0.15, -0.1) is 11.3 Å². The van der Waals surface area contributed by atoms with E-state index in [1.165, 1.54) is 11.3 Å². The molecule has 0 spiro atoms. The zero-order chi connectivity index (χ0) is 13.2. The molecule has 19 heavy (non-hydrogen) atoms. The number of aromatic carboxylic acids is 1. The molecule has 1 aromatic heterocycles. The third-order valence-corrected chi connectivity index (χ3v) is 3.82. The summed E-state index contributed by atoms with van der Waals surface area (Å²) in [5.41, 5.74) is 1.69. The van der Waals surface area contributed by atoms with E-state index in [0.717, 1.165) is 5.75 Å². The van der Waals surface area contributed by atoms with Crippen LogP contribution < -0.4 is 9.64 Å². The van der Waals surface area contributed by atoms with Crippen molar-refractivity contribution in [1.82, 2.24) is 4.98 Å². The summed E-state index contributed by atoms with van der Waals surface area (Å²) in [6.07, 6.45) is 0.103. The third-order valence-electron chi connectivity index (χ3n) is 2.93. The van der Waals surface area contributed by atoms with Crippen LogP contribution in [0.5, 0.6) is 5.75 Å². The van der Waals surface area contributed by atoms with Crippen LogP contribution in [0, 0.1) is 0 Å². The van der Waals surface area contributed by atoms with Crippen molar-refractivity contribution in [1.29, 1.82) is 0 Å². The van der Waals surface area contributed by atoms with Gasteiger partial charge in [-0.1, -0.05) is 18.2 Å². The number of carbonyl (C=O) groups is 1. The summed E-state index contributed by atoms with van der Waals surface area (Å²) in [6, 6.07) is 9.63. The molecule has 5 nitrogen and oxygen atoms in total. The first kappa shape index (κ1) is 12.0. The maximum absolute atomic E-state index is 11.0. The Kier molecular flexibility index (Phi) is 3.08. The van der Waals surface area contributed by atoms with Crippen LogP contribution in [0.1, 0.15) is 10.5 Å². The number of thiazole rings is 1. The molecule has 1 aliphatic heterocycles. The number of hydrogen-bond acceptors (Lipinski definition) is 5. The van der Waals surface area contributed by atoms with Crippen LogP contribution in [0.4, 0.5) is 5.00 Å². The molecule has 0 saturated carbocycles. The monoisotopic (exact) mass is 276 g/mol. The number of benzene rings is 1. The van der Waals surface area contributed by atoms with Crippen LogP contribution in [0.3, 0.4) is 0 Å². The third kappa shape index (κ3) is 2.39. The highest BCUT2D eigenvalue weighted by Crippen LogP contribution is 2.30. The molecular weight excluding hydrogens is 264 g/mol. The number of ether oxygens (including phenoxy) is 1. The molecule has 0 amide bonds. The van der Waals surface area contributed by atoms with Crippen molar-refractivity contribution in [2.24, 2.45) is 0 Å². The van der Waals surface area contributed by atoms with Gasteiger partial charge in [0.15, 0.2) is 5.69 Å². The van der Waals surface area contributed by atoms with Gasteiger partial charge in [-0.3, -0.25) is 0 Å². The van der Waals surface area contributed by atoms with Gasteiger partial charge in [0, 0.05) is 0 Å². The molecule has 1 aromatic carbocycles. The minimum Gasteiger partial charge on any atom is -0.487 e. The Labute approximate surface area is 114 Å². The first-order valence-electron chi connectivity index (χ1n) is 5.87. The van der Waals surface area contributed by atoms with Crippen molar-refractivity contribution in [3.8, 4) is 5.75 Å². The van der Waals surface area contributed by atoms with E-state index >= 15 is 0 Å². The summed E-state index contributed by atoms with van der Waals surface area (Å²) >= 11 is 1.35. The Morgan fingerprint density at radius 2 is 2.11 bits per heavy atom. The predicted molar refractivity (Wildman–Crippen MR) is 72.1 cm³/mol. The number of nitrogens with zero attached hydrogens (tertiary/aromatic N) is 2. The fourth-order valence-electron chi connectivity index (χ4n) is 1.98. The lowest BCUT2D eigenvalue weighted by atomic mass is 10.1. The van der Waals surface area contributed by atoms with Crippen LogP contribution in [0.15, 0.2) is 35.8 Å². The van der Waals surface area contributed by atoms with Crippen LogP contribution in [0.25, 0.3) is 0 Å². The normalized spacial score (nSPS) is 15.1. The second kappa shape index (κ2) is 4.89. The molecule has 98 valence electrons. The van der Waals surface area contributed by atoms with Crippen molar-refractivity contribution in [2.75, 3.05) is 18.0 Å². The van der Waals surface area contributed by atoms with Gasteiger partial charge in [-0.2, -0.15) is 0 Å². The number of carboxylic acid groups (broad SMARTS) is 1. The molecule has 0 atom stereocenters. The fraction of sp³-hybridized carbons (Fsp3) is 0.231. The van der Waals surface area contributed by atoms with E-state index in [0.29, 0.717) is 18.1 Å². The molecule has 0 unspecified atom stereocenters. The summed E-state index contributed by atoms with van der Waals surface area (Å²) < 4.78 is 5.77. The minimum atomic E-state index is -0.983. The van der Waals surface area contributed by atoms with Gasteiger partial charge in [-0.25, -0.2) is 9.78 Å². The standard InChI is InChI=1S/C13H12N2O3S/c16-13(17)11-12(19-8-14-11)15-6-10(7-15)18-9-4-2-1-3-5-9/h1-5,8,10H,6-7H2,(H,16,17). The van der Waals surface area contributed by atoms with E-state index in [1.807, 2.05) is 35.2 Å². The minimum absolute atomic E-state index is 0.103. The molecule has 3 rings (SSSR count). The number of para-hydroxylation sites is 1. The van der Waals surface area contributed by atoms with Crippen LogP contribution >= 0.6 is 11.3 Å². The smallest absolute Gasteiger partial charge is 0.357 e. The lowest BCUT2D eigenvalue weighted by Crippen LogP contribution is -2.54. The molecular formula is C13H12N2O3S. The highest BCUT2D eigenvalue weighted by molar-refractivity contribution is 7.14. The van der Waals surface area contributed by atoms with Crippen molar-refractivity contribution in [2.45, 2.75) is 6.10 Å². The molecule has 1 aliphatic rings. The molecule has 2 heterocycles. The zero-order valence-corrected chi connectivity index (χ0v) is 10.8. The highest BCUT2D eigenvalue weighted by Gasteiger charge is 2.32. The largest absolute Gasteiger partial charge is 0.487 e. The number of aromatic nitrogens is 1. The number of hydrogen-bond donors (Lipinski definition) is 1. The number of rotatable bonds is 4. The summed E-state index contributed by atoms with van der Waals surface area (Å²) in [5, 5.41) is 9.72. The molecule has 0 aliphatic carbocycles. The van der Waals surface area contributed by atoms with Gasteiger partial charge < -0.3 is 14.7 Å². The van der Waals surface area contributed by atoms with Crippen molar-refractivity contribution < 1.29 is 14.6 Å². The lowest BCUT2D eigenvalue weighted by Gasteiger charge is -2.39. The average molecular weight is 276 g/mol. The summed E-state index contributed by atoms with van der Waals surface area (Å²) in [4.78, 5) is 16.8. The van der Waals surface area contributed by atoms with Crippen LogP contribution in [-0.4, -0.2) is 35.3 Å². The molecule has 0 radical (unpaired) electrons. The van der Waals surface area contributed by atoms with Gasteiger partial charge in [-0.05, 0) is 12.1 Å². The van der Waals surface area contributed by atoms with E-state index in [1.54, 1.807) is 5.51 Å². The number of anilines is 1. The Hall–Kier alpha value is -2.08. The molecule has 1 N–H and O–H groups in total. The van der Waals surface area contributed by atoms with Crippen molar-refractivity contribution in [3.63, 3.8) is 0 Å². The van der Waals surface area contributed by atoms with E-state index in [4.69, 9.17) is 9.84 Å². The number of carboxylic acids is 1. The topological polar surface area (TPSA) is 62.7 Å². The molecule has 1 fully saturated rings. The summed E-state index contributed by atoms with van der Waals surface area (Å²) in [6.45, 7) is 1.38. The van der Waals surface area contributed by atoms with Gasteiger partial charge in [0.05, 0.1) is 18.6 Å². The summed E-state index contributed by atoms with van der Waals surface area (Å²) in [7, 11) is 0. The Morgan fingerprint density at radius 1 is 1.37 bits per heavy atom. The lowest BCUT2D eigenvalue weighted by molar-refractivity contribution is 0.0691. The Bertz CT molecular complexity index is 579. The fourth-order valence-corrected chi connectivity index (χ4v) is 2.79. The second-order valence-electron chi connectivity index (χ2n) is 4.27. The van der Waals surface area contributed by atoms with Gasteiger partial charge in [0.2, 0.25) is 0 Å². The van der Waals surface area contributed by atoms with Crippen LogP contribution in [0.2, 0.25) is 0 Å². The summed E-state index contributed by atoms with van der Waals surface area (Å²) in [5.74, 6) is -0.140. The average Bonchev–Trinajstić information content (AvgIpc) is 2.83. The first-order chi connectivity index (χ1) is 9.24. The molecule has 2 aromatic rings. The van der Waals surface area contributed by atoms with E-state index in [-0.39, 0.29) is 11.8 Å². The second-order valence-corrected chi connectivity index (χ2v) is 5.10. The molecule has 1 saturated heterocycles. The van der Waals surface area contributed by atoms with Gasteiger partial charge in [0.25, 0.3) is 0 Å². The quantitative estimate of drug-likeness (QED) is 0.926. The maximum Gasteiger partial charge on any atom is 0.357 e. The van der Waals surface area contributed by atoms with E-state index in [2.05, 4.69) is 4.98 Å². The van der Waals surface area contributed by atoms with Crippen molar-refractivity contribution >= 4 is 22.3 Å². The molecule has 0 bridgehead atoms. The van der Waals surface area contributed by atoms with Gasteiger partial charge in [0.1, 0.15) is 16.9 Å². The van der Waals surface area contributed by atoms with E-state index < -0.39 is 5.97 Å². The van der Waals surface area contributed by atoms with Crippen molar-refractivity contribution in [3.05, 3.63) is 41.5 Å². The van der Waals surface area contributed by atoms with Crippen LogP contribution in [-0.2, 0) is 0 Å². The Morgan fingerprint density at radius 3 is 2.79 bits per heavy atom. The molecule has 6 heteroatoms. The SMILES string of the molecule is O=C(O)c1ncsc1N1CC(Oc2ccccc2)C1. The van der Waals surface area contributed by atoms with E-state index in [9.17, 15) is 4.79 Å². The zero-order valence-electron chi connectivity index (χ0n) is 10.0. The van der Waals surface area contributed by atoms with Gasteiger partial charge >= 0.3 is 5.97 Å². The highest BCUT2D eigenvalue weighted by atomic mass is 32.1. The Balaban J connectivity index is 1.61.